The first-order chi connectivity index (χ1) is 9.63. The van der Waals surface area contributed by atoms with E-state index in [0.29, 0.717) is 25.6 Å². The highest BCUT2D eigenvalue weighted by Gasteiger charge is 2.08. The molecule has 1 aromatic rings. The van der Waals surface area contributed by atoms with Gasteiger partial charge in [-0.3, -0.25) is 4.79 Å². The summed E-state index contributed by atoms with van der Waals surface area (Å²) in [5.74, 6) is 0.364. The van der Waals surface area contributed by atoms with Gasteiger partial charge in [0, 0.05) is 25.4 Å². The molecule has 1 N–H and O–H groups in total. The Morgan fingerprint density at radius 1 is 1.40 bits per heavy atom. The van der Waals surface area contributed by atoms with Crippen LogP contribution in [0.25, 0.3) is 0 Å². The van der Waals surface area contributed by atoms with Gasteiger partial charge in [0.2, 0.25) is 11.8 Å². The molecule has 1 aromatic heterocycles. The summed E-state index contributed by atoms with van der Waals surface area (Å²) < 4.78 is 15.5. The molecule has 0 radical (unpaired) electrons. The average Bonchev–Trinajstić information content (AvgIpc) is 2.42. The lowest BCUT2D eigenvalue weighted by atomic mass is 10.2. The molecule has 112 valence electrons. The van der Waals surface area contributed by atoms with Gasteiger partial charge in [0.25, 0.3) is 0 Å². The largest absolute Gasteiger partial charge is 0.475 e. The number of hydrogen-bond acceptors (Lipinski definition) is 5. The zero-order chi connectivity index (χ0) is 14.8. The summed E-state index contributed by atoms with van der Waals surface area (Å²) in [6.07, 6.45) is 1.70. The summed E-state index contributed by atoms with van der Waals surface area (Å²) in [4.78, 5) is 15.7. The number of hydrogen-bond donors (Lipinski definition) is 1. The zero-order valence-electron chi connectivity index (χ0n) is 12.2. The maximum atomic E-state index is 11.6. The van der Waals surface area contributed by atoms with E-state index in [0.717, 1.165) is 5.56 Å². The first-order valence-corrected chi connectivity index (χ1v) is 6.57. The quantitative estimate of drug-likeness (QED) is 0.688. The van der Waals surface area contributed by atoms with Crippen LogP contribution in [0.15, 0.2) is 18.3 Å². The molecule has 0 aliphatic rings. The number of pyridine rings is 1. The maximum absolute atomic E-state index is 11.6. The van der Waals surface area contributed by atoms with Gasteiger partial charge in [-0.25, -0.2) is 4.98 Å². The van der Waals surface area contributed by atoms with Gasteiger partial charge in [0.1, 0.15) is 6.61 Å². The van der Waals surface area contributed by atoms with E-state index in [-0.39, 0.29) is 18.6 Å². The van der Waals surface area contributed by atoms with Crippen molar-refractivity contribution in [2.45, 2.75) is 26.5 Å². The Bertz CT molecular complexity index is 410. The van der Waals surface area contributed by atoms with Gasteiger partial charge < -0.3 is 19.5 Å². The van der Waals surface area contributed by atoms with Crippen LogP contribution in [-0.2, 0) is 20.8 Å². The number of amides is 1. The molecule has 1 amide bonds. The fourth-order valence-electron chi connectivity index (χ4n) is 1.44. The summed E-state index contributed by atoms with van der Waals surface area (Å²) >= 11 is 0. The second-order valence-corrected chi connectivity index (χ2v) is 4.46. The molecular formula is C14H22N2O4. The smallest absolute Gasteiger partial charge is 0.246 e. The molecular weight excluding hydrogens is 260 g/mol. The Morgan fingerprint density at radius 2 is 2.20 bits per heavy atom. The standard InChI is InChI=1S/C14H22N2O4/c1-11(2)20-14-12(5-4-6-15-14)9-16-13(17)10-19-8-7-18-3/h4-6,11H,7-10H2,1-3H3,(H,16,17). The van der Waals surface area contributed by atoms with E-state index in [9.17, 15) is 4.79 Å². The van der Waals surface area contributed by atoms with Crippen LogP contribution in [-0.4, -0.2) is 43.9 Å². The van der Waals surface area contributed by atoms with Crippen LogP contribution in [0.5, 0.6) is 5.88 Å². The number of nitrogens with zero attached hydrogens (tertiary/aromatic N) is 1. The van der Waals surface area contributed by atoms with E-state index in [1.165, 1.54) is 0 Å². The average molecular weight is 282 g/mol. The van der Waals surface area contributed by atoms with Crippen molar-refractivity contribution < 1.29 is 19.0 Å². The van der Waals surface area contributed by atoms with E-state index in [1.807, 2.05) is 26.0 Å². The fraction of sp³-hybridized carbons (Fsp3) is 0.571. The molecule has 20 heavy (non-hydrogen) atoms. The van der Waals surface area contributed by atoms with E-state index >= 15 is 0 Å². The van der Waals surface area contributed by atoms with Crippen molar-refractivity contribution in [1.82, 2.24) is 10.3 Å². The molecule has 0 atom stereocenters. The normalized spacial score (nSPS) is 10.6. The monoisotopic (exact) mass is 282 g/mol. The van der Waals surface area contributed by atoms with Crippen molar-refractivity contribution in [3.8, 4) is 5.88 Å². The Labute approximate surface area is 119 Å². The topological polar surface area (TPSA) is 69.7 Å². The minimum atomic E-state index is -0.180. The third-order valence-electron chi connectivity index (χ3n) is 2.34. The maximum Gasteiger partial charge on any atom is 0.246 e. The first kappa shape index (κ1) is 16.4. The van der Waals surface area contributed by atoms with Crippen LogP contribution in [0, 0.1) is 0 Å². The molecule has 1 heterocycles. The van der Waals surface area contributed by atoms with Crippen LogP contribution in [0.4, 0.5) is 0 Å². The summed E-state index contributed by atoms with van der Waals surface area (Å²) in [6, 6.07) is 3.68. The summed E-state index contributed by atoms with van der Waals surface area (Å²) in [5, 5.41) is 2.76. The van der Waals surface area contributed by atoms with Crippen LogP contribution in [0.2, 0.25) is 0 Å². The van der Waals surface area contributed by atoms with E-state index in [1.54, 1.807) is 13.3 Å². The molecule has 0 saturated carbocycles. The highest BCUT2D eigenvalue weighted by molar-refractivity contribution is 5.77. The lowest BCUT2D eigenvalue weighted by molar-refractivity contribution is -0.126. The van der Waals surface area contributed by atoms with Gasteiger partial charge in [-0.05, 0) is 19.9 Å². The molecule has 0 aromatic carbocycles. The molecule has 6 nitrogen and oxygen atoms in total. The molecule has 0 bridgehead atoms. The molecule has 0 saturated heterocycles. The number of carbonyl (C=O) groups is 1. The molecule has 0 aliphatic carbocycles. The second kappa shape index (κ2) is 9.28. The number of methoxy groups -OCH3 is 1. The minimum absolute atomic E-state index is 0.0179. The van der Waals surface area contributed by atoms with Crippen molar-refractivity contribution in [3.05, 3.63) is 23.9 Å². The highest BCUT2D eigenvalue weighted by atomic mass is 16.5. The molecule has 0 unspecified atom stereocenters. The van der Waals surface area contributed by atoms with Crippen LogP contribution >= 0.6 is 0 Å². The predicted octanol–water partition coefficient (Wildman–Crippen LogP) is 1.15. The van der Waals surface area contributed by atoms with Crippen molar-refractivity contribution in [1.29, 1.82) is 0 Å². The highest BCUT2D eigenvalue weighted by Crippen LogP contribution is 2.15. The third-order valence-corrected chi connectivity index (χ3v) is 2.34. The van der Waals surface area contributed by atoms with Gasteiger partial charge in [-0.1, -0.05) is 6.07 Å². The summed E-state index contributed by atoms with van der Waals surface area (Å²) in [5.41, 5.74) is 0.839. The fourth-order valence-corrected chi connectivity index (χ4v) is 1.44. The Hall–Kier alpha value is -1.66. The minimum Gasteiger partial charge on any atom is -0.475 e. The van der Waals surface area contributed by atoms with Gasteiger partial charge in [0.15, 0.2) is 0 Å². The van der Waals surface area contributed by atoms with Gasteiger partial charge >= 0.3 is 0 Å². The van der Waals surface area contributed by atoms with Crippen molar-refractivity contribution in [2.24, 2.45) is 0 Å². The number of carbonyl (C=O) groups excluding carboxylic acids is 1. The SMILES string of the molecule is COCCOCC(=O)NCc1cccnc1OC(C)C. The number of aromatic nitrogens is 1. The summed E-state index contributed by atoms with van der Waals surface area (Å²) in [6.45, 7) is 5.12. The summed E-state index contributed by atoms with van der Waals surface area (Å²) in [7, 11) is 1.59. The lowest BCUT2D eigenvalue weighted by Gasteiger charge is -2.13. The number of nitrogens with one attached hydrogen (secondary N) is 1. The molecule has 0 aliphatic heterocycles. The van der Waals surface area contributed by atoms with E-state index in [2.05, 4.69) is 10.3 Å². The first-order valence-electron chi connectivity index (χ1n) is 6.57. The molecule has 0 fully saturated rings. The zero-order valence-corrected chi connectivity index (χ0v) is 12.2. The van der Waals surface area contributed by atoms with Gasteiger partial charge in [-0.15, -0.1) is 0 Å². The molecule has 1 rings (SSSR count). The molecule has 6 heteroatoms. The van der Waals surface area contributed by atoms with Crippen LogP contribution in [0.1, 0.15) is 19.4 Å². The van der Waals surface area contributed by atoms with Crippen molar-refractivity contribution >= 4 is 5.91 Å². The van der Waals surface area contributed by atoms with Crippen LogP contribution in [0.3, 0.4) is 0 Å². The van der Waals surface area contributed by atoms with E-state index in [4.69, 9.17) is 14.2 Å². The third kappa shape index (κ3) is 6.49. The van der Waals surface area contributed by atoms with Crippen molar-refractivity contribution in [2.75, 3.05) is 26.9 Å². The Kier molecular flexibility index (Phi) is 7.60. The lowest BCUT2D eigenvalue weighted by Crippen LogP contribution is -2.28. The molecule has 0 spiro atoms. The number of ether oxygens (including phenoxy) is 3. The van der Waals surface area contributed by atoms with Gasteiger partial charge in [-0.2, -0.15) is 0 Å². The number of rotatable bonds is 9. The Balaban J connectivity index is 2.39. The predicted molar refractivity (Wildman–Crippen MR) is 74.5 cm³/mol. The van der Waals surface area contributed by atoms with Crippen LogP contribution < -0.4 is 10.1 Å². The van der Waals surface area contributed by atoms with E-state index < -0.39 is 0 Å². The van der Waals surface area contributed by atoms with Gasteiger partial charge in [0.05, 0.1) is 19.3 Å². The second-order valence-electron chi connectivity index (χ2n) is 4.46. The van der Waals surface area contributed by atoms with Crippen molar-refractivity contribution in [3.63, 3.8) is 0 Å². The Morgan fingerprint density at radius 3 is 2.90 bits per heavy atom.